The number of methoxy groups -OCH3 is 1. The van der Waals surface area contributed by atoms with E-state index in [0.29, 0.717) is 18.8 Å². The zero-order chi connectivity index (χ0) is 17.1. The van der Waals surface area contributed by atoms with Gasteiger partial charge in [-0.15, -0.1) is 0 Å². The van der Waals surface area contributed by atoms with Crippen molar-refractivity contribution in [1.82, 2.24) is 0 Å². The average molecular weight is 324 g/mol. The fourth-order valence-electron chi connectivity index (χ4n) is 2.81. The molecule has 0 radical (unpaired) electrons. The van der Waals surface area contributed by atoms with Crippen LogP contribution in [0.15, 0.2) is 42.0 Å². The van der Waals surface area contributed by atoms with E-state index in [9.17, 15) is 9.90 Å². The van der Waals surface area contributed by atoms with Crippen molar-refractivity contribution in [2.75, 3.05) is 13.7 Å². The molecule has 0 amide bonds. The Morgan fingerprint density at radius 2 is 2.04 bits per heavy atom. The highest BCUT2D eigenvalue weighted by atomic mass is 16.5. The van der Waals surface area contributed by atoms with Gasteiger partial charge in [-0.2, -0.15) is 0 Å². The van der Waals surface area contributed by atoms with Crippen molar-refractivity contribution >= 4 is 11.9 Å². The Labute approximate surface area is 141 Å². The molecule has 2 aromatic carbocycles. The predicted molar refractivity (Wildman–Crippen MR) is 92.9 cm³/mol. The summed E-state index contributed by atoms with van der Waals surface area (Å²) in [5.74, 6) is 1.32. The van der Waals surface area contributed by atoms with E-state index in [0.717, 1.165) is 34.4 Å². The number of fused-ring (bicyclic) bond motifs is 1. The largest absolute Gasteiger partial charge is 0.504 e. The number of hydrogen-bond donors (Lipinski definition) is 1. The van der Waals surface area contributed by atoms with Gasteiger partial charge < -0.3 is 14.6 Å². The monoisotopic (exact) mass is 324 g/mol. The Kier molecular flexibility index (Phi) is 4.56. The second-order valence-corrected chi connectivity index (χ2v) is 5.77. The van der Waals surface area contributed by atoms with E-state index in [1.54, 1.807) is 18.2 Å². The van der Waals surface area contributed by atoms with E-state index in [4.69, 9.17) is 9.47 Å². The lowest BCUT2D eigenvalue weighted by Gasteiger charge is -2.05. The summed E-state index contributed by atoms with van der Waals surface area (Å²) in [5, 5.41) is 9.66. The first-order valence-electron chi connectivity index (χ1n) is 8.00. The molecule has 0 saturated carbocycles. The molecule has 0 heterocycles. The summed E-state index contributed by atoms with van der Waals surface area (Å²) in [5.41, 5.74) is 3.27. The van der Waals surface area contributed by atoms with Gasteiger partial charge >= 0.3 is 0 Å². The summed E-state index contributed by atoms with van der Waals surface area (Å²) >= 11 is 0. The van der Waals surface area contributed by atoms with E-state index >= 15 is 0 Å². The zero-order valence-electron chi connectivity index (χ0n) is 13.8. The normalized spacial score (nSPS) is 14.8. The van der Waals surface area contributed by atoms with Crippen molar-refractivity contribution in [2.24, 2.45) is 0 Å². The van der Waals surface area contributed by atoms with Crippen LogP contribution in [-0.2, 0) is 6.42 Å². The standard InChI is InChI=1S/C20H20O4/c1-3-8-24-16-5-6-17-14(12-16)11-15(20(17)22)9-13-4-7-18(21)19(10-13)23-2/h4-7,9-10,12,21H,3,8,11H2,1-2H3. The molecule has 1 aliphatic rings. The van der Waals surface area contributed by atoms with Crippen LogP contribution >= 0.6 is 0 Å². The number of carbonyl (C=O) groups is 1. The van der Waals surface area contributed by atoms with Crippen LogP contribution in [0.2, 0.25) is 0 Å². The molecule has 0 spiro atoms. The summed E-state index contributed by atoms with van der Waals surface area (Å²) in [6.07, 6.45) is 3.38. The summed E-state index contributed by atoms with van der Waals surface area (Å²) in [6, 6.07) is 10.7. The smallest absolute Gasteiger partial charge is 0.189 e. The molecule has 0 aromatic heterocycles. The van der Waals surface area contributed by atoms with Gasteiger partial charge in [0.2, 0.25) is 0 Å². The van der Waals surface area contributed by atoms with Crippen molar-refractivity contribution < 1.29 is 19.4 Å². The molecular weight excluding hydrogens is 304 g/mol. The highest BCUT2D eigenvalue weighted by molar-refractivity contribution is 6.15. The van der Waals surface area contributed by atoms with Crippen LogP contribution < -0.4 is 9.47 Å². The summed E-state index contributed by atoms with van der Waals surface area (Å²) < 4.78 is 10.7. The lowest BCUT2D eigenvalue weighted by molar-refractivity contribution is 0.104. The molecule has 0 fully saturated rings. The van der Waals surface area contributed by atoms with Crippen LogP contribution in [0.4, 0.5) is 0 Å². The van der Waals surface area contributed by atoms with Crippen LogP contribution in [0.5, 0.6) is 17.2 Å². The van der Waals surface area contributed by atoms with Crippen molar-refractivity contribution in [3.8, 4) is 17.2 Å². The molecule has 1 aliphatic carbocycles. The second kappa shape index (κ2) is 6.79. The number of Topliss-reactive ketones (excluding diaryl/α,β-unsaturated/α-hetero) is 1. The van der Waals surface area contributed by atoms with E-state index in [1.807, 2.05) is 24.3 Å². The highest BCUT2D eigenvalue weighted by Crippen LogP contribution is 2.32. The van der Waals surface area contributed by atoms with E-state index in [-0.39, 0.29) is 11.5 Å². The quantitative estimate of drug-likeness (QED) is 0.844. The third-order valence-electron chi connectivity index (χ3n) is 4.01. The first kappa shape index (κ1) is 16.1. The Morgan fingerprint density at radius 1 is 1.21 bits per heavy atom. The maximum absolute atomic E-state index is 12.6. The molecule has 0 unspecified atom stereocenters. The molecule has 0 aliphatic heterocycles. The number of ether oxygens (including phenoxy) is 2. The van der Waals surface area contributed by atoms with Gasteiger partial charge in [0.15, 0.2) is 17.3 Å². The van der Waals surface area contributed by atoms with Crippen LogP contribution in [0.25, 0.3) is 6.08 Å². The Hall–Kier alpha value is -2.75. The van der Waals surface area contributed by atoms with Gasteiger partial charge in [-0.25, -0.2) is 0 Å². The van der Waals surface area contributed by atoms with Gasteiger partial charge in [0, 0.05) is 17.6 Å². The topological polar surface area (TPSA) is 55.8 Å². The first-order valence-corrected chi connectivity index (χ1v) is 8.00. The summed E-state index contributed by atoms with van der Waals surface area (Å²) in [4.78, 5) is 12.6. The van der Waals surface area contributed by atoms with Gasteiger partial charge in [-0.1, -0.05) is 13.0 Å². The van der Waals surface area contributed by atoms with Crippen molar-refractivity contribution in [3.63, 3.8) is 0 Å². The molecule has 24 heavy (non-hydrogen) atoms. The van der Waals surface area contributed by atoms with Gasteiger partial charge in [-0.3, -0.25) is 4.79 Å². The van der Waals surface area contributed by atoms with E-state index < -0.39 is 0 Å². The first-order chi connectivity index (χ1) is 11.6. The Balaban J connectivity index is 1.87. The van der Waals surface area contributed by atoms with Crippen LogP contribution in [0.1, 0.15) is 34.8 Å². The number of hydrogen-bond acceptors (Lipinski definition) is 4. The zero-order valence-corrected chi connectivity index (χ0v) is 13.8. The van der Waals surface area contributed by atoms with Gasteiger partial charge in [0.1, 0.15) is 5.75 Å². The van der Waals surface area contributed by atoms with E-state index in [2.05, 4.69) is 6.92 Å². The molecule has 0 atom stereocenters. The lowest BCUT2D eigenvalue weighted by atomic mass is 10.1. The molecule has 4 heteroatoms. The van der Waals surface area contributed by atoms with Crippen molar-refractivity contribution in [2.45, 2.75) is 19.8 Å². The minimum Gasteiger partial charge on any atom is -0.504 e. The molecule has 0 saturated heterocycles. The lowest BCUT2D eigenvalue weighted by Crippen LogP contribution is -1.97. The maximum Gasteiger partial charge on any atom is 0.189 e. The molecule has 4 nitrogen and oxygen atoms in total. The molecular formula is C20H20O4. The maximum atomic E-state index is 12.6. The number of aromatic hydroxyl groups is 1. The third-order valence-corrected chi connectivity index (χ3v) is 4.01. The third kappa shape index (κ3) is 3.13. The molecule has 124 valence electrons. The van der Waals surface area contributed by atoms with Gasteiger partial charge in [-0.05, 0) is 54.0 Å². The average Bonchev–Trinajstić information content (AvgIpc) is 2.90. The number of phenolic OH excluding ortho intramolecular Hbond substituents is 1. The number of ketones is 1. The summed E-state index contributed by atoms with van der Waals surface area (Å²) in [6.45, 7) is 2.73. The SMILES string of the molecule is CCCOc1ccc2c(c1)CC(=Cc1ccc(O)c(OC)c1)C2=O. The summed E-state index contributed by atoms with van der Waals surface area (Å²) in [7, 11) is 1.50. The fourth-order valence-corrected chi connectivity index (χ4v) is 2.81. The fraction of sp³-hybridized carbons (Fsp3) is 0.250. The van der Waals surface area contributed by atoms with E-state index in [1.165, 1.54) is 7.11 Å². The van der Waals surface area contributed by atoms with Gasteiger partial charge in [0.05, 0.1) is 13.7 Å². The number of allylic oxidation sites excluding steroid dienone is 1. The molecule has 1 N–H and O–H groups in total. The van der Waals surface area contributed by atoms with Crippen molar-refractivity contribution in [3.05, 3.63) is 58.7 Å². The second-order valence-electron chi connectivity index (χ2n) is 5.77. The Morgan fingerprint density at radius 3 is 2.79 bits per heavy atom. The number of phenols is 1. The highest BCUT2D eigenvalue weighted by Gasteiger charge is 2.25. The molecule has 3 rings (SSSR count). The Bertz CT molecular complexity index is 805. The van der Waals surface area contributed by atoms with Crippen LogP contribution in [0, 0.1) is 0 Å². The van der Waals surface area contributed by atoms with Crippen molar-refractivity contribution in [1.29, 1.82) is 0 Å². The van der Waals surface area contributed by atoms with Crippen LogP contribution in [-0.4, -0.2) is 24.6 Å². The number of rotatable bonds is 5. The predicted octanol–water partition coefficient (Wildman–Crippen LogP) is 4.01. The molecule has 0 bridgehead atoms. The number of benzene rings is 2. The minimum atomic E-state index is 0.0408. The minimum absolute atomic E-state index is 0.0408. The van der Waals surface area contributed by atoms with Crippen LogP contribution in [0.3, 0.4) is 0 Å². The molecule has 2 aromatic rings. The van der Waals surface area contributed by atoms with Gasteiger partial charge in [0.25, 0.3) is 0 Å². The number of carbonyl (C=O) groups excluding carboxylic acids is 1.